The Hall–Kier alpha value is -6.32. The van der Waals surface area contributed by atoms with Gasteiger partial charge in [0, 0.05) is 38.5 Å². The predicted octanol–water partition coefficient (Wildman–Crippen LogP) is 3.46. The summed E-state index contributed by atoms with van der Waals surface area (Å²) in [5.74, 6) is -9.53. The summed E-state index contributed by atoms with van der Waals surface area (Å²) in [6.07, 6.45) is -12.2. The third kappa shape index (κ3) is 9.50. The lowest BCUT2D eigenvalue weighted by atomic mass is 9.44. The van der Waals surface area contributed by atoms with Crippen molar-refractivity contribution in [3.63, 3.8) is 0 Å². The van der Waals surface area contributed by atoms with Gasteiger partial charge in [0.1, 0.15) is 30.0 Å². The molecule has 4 aliphatic rings. The second kappa shape index (κ2) is 20.1. The number of carbonyl (C=O) groups is 8. The third-order valence-corrected chi connectivity index (χ3v) is 15.8. The minimum Gasteiger partial charge on any atom is -0.481 e. The number of Topliss-reactive ketones (excluding diaryl/α,β-unsaturated/α-hetero) is 1. The fourth-order valence-electron chi connectivity index (χ4n) is 11.0. The predicted molar refractivity (Wildman–Crippen MR) is 249 cm³/mol. The first-order valence-corrected chi connectivity index (χ1v) is 24.0. The van der Waals surface area contributed by atoms with Crippen LogP contribution in [-0.2, 0) is 52.5 Å². The van der Waals surface area contributed by atoms with Crippen LogP contribution in [0, 0.1) is 23.7 Å². The van der Waals surface area contributed by atoms with Crippen molar-refractivity contribution in [1.82, 2.24) is 10.6 Å². The molecule has 0 spiro atoms. The number of aliphatic carboxylic acids is 1. The number of ketones is 1. The molecule has 380 valence electrons. The molecule has 20 heteroatoms. The molecule has 0 radical (unpaired) electrons. The molecule has 1 saturated heterocycles. The zero-order chi connectivity index (χ0) is 52.0. The Morgan fingerprint density at radius 2 is 1.54 bits per heavy atom. The average molecular weight is 1000 g/mol. The Balaban J connectivity index is 1.33. The molecule has 2 bridgehead atoms. The van der Waals surface area contributed by atoms with E-state index in [9.17, 15) is 54.0 Å². The number of rotatable bonds is 15. The number of hydrogen-bond donors (Lipinski definition) is 6. The van der Waals surface area contributed by atoms with E-state index in [1.54, 1.807) is 54.8 Å². The van der Waals surface area contributed by atoms with Crippen LogP contribution in [0.5, 0.6) is 0 Å². The number of carboxylic acid groups (broad SMARTS) is 1. The minimum atomic E-state index is -2.49. The van der Waals surface area contributed by atoms with E-state index in [0.717, 1.165) is 25.2 Å². The van der Waals surface area contributed by atoms with Crippen LogP contribution in [0.25, 0.3) is 0 Å². The molecule has 0 unspecified atom stereocenters. The van der Waals surface area contributed by atoms with Gasteiger partial charge in [0.25, 0.3) is 5.91 Å². The molecule has 3 aliphatic carbocycles. The maximum absolute atomic E-state index is 15.6. The first-order chi connectivity index (χ1) is 33.4. The van der Waals surface area contributed by atoms with Gasteiger partial charge in [0.05, 0.1) is 40.5 Å². The number of aryl methyl sites for hydroxylation is 1. The number of aliphatic hydroxyl groups is 3. The number of fused-ring (bicyclic) bond motifs is 5. The van der Waals surface area contributed by atoms with Gasteiger partial charge < -0.3 is 54.7 Å². The highest BCUT2D eigenvalue weighted by atomic mass is 32.1. The van der Waals surface area contributed by atoms with E-state index in [1.165, 1.54) is 52.0 Å². The number of benzene rings is 2. The minimum absolute atomic E-state index is 0.0235. The van der Waals surface area contributed by atoms with Gasteiger partial charge in [0.2, 0.25) is 5.91 Å². The molecule has 19 nitrogen and oxygen atoms in total. The van der Waals surface area contributed by atoms with Gasteiger partial charge in [-0.2, -0.15) is 0 Å². The first-order valence-electron chi connectivity index (χ1n) is 23.1. The van der Waals surface area contributed by atoms with Crippen molar-refractivity contribution in [1.29, 1.82) is 0 Å². The summed E-state index contributed by atoms with van der Waals surface area (Å²) in [7, 11) is 0. The number of carboxylic acids is 1. The van der Waals surface area contributed by atoms with E-state index < -0.39 is 137 Å². The van der Waals surface area contributed by atoms with Gasteiger partial charge in [0.15, 0.2) is 23.6 Å². The monoisotopic (exact) mass is 1000 g/mol. The highest BCUT2D eigenvalue weighted by molar-refractivity contribution is 7.12. The summed E-state index contributed by atoms with van der Waals surface area (Å²) >= 11 is 1.11. The molecule has 3 fully saturated rings. The molecule has 2 amide bonds. The normalized spacial score (nSPS) is 29.7. The SMILES string of the molecule is CC(=O)O[C@H]1C(=O)[C@@]2(C)[C@H]([C@H](OC(=O)c3ccccc3)[C@]3(O)C[C@H](OC(=O)[C@H](O)[C@@H](NC(=O)[C@@H](CCC(=O)O)NC(=O)c4sccc4C)c4ccccc4)C(C)=C1C3(C)C)[C@]1(OC(C)=O)CO[C@@H]1C[C@@H]2O. The Morgan fingerprint density at radius 3 is 2.10 bits per heavy atom. The highest BCUT2D eigenvalue weighted by Gasteiger charge is 2.78. The lowest BCUT2D eigenvalue weighted by Gasteiger charge is -2.67. The molecule has 3 aromatic rings. The fourth-order valence-corrected chi connectivity index (χ4v) is 11.8. The van der Waals surface area contributed by atoms with Crippen LogP contribution in [0.4, 0.5) is 0 Å². The van der Waals surface area contributed by atoms with Gasteiger partial charge in [-0.15, -0.1) is 11.3 Å². The Labute approximate surface area is 412 Å². The average Bonchev–Trinajstić information content (AvgIpc) is 3.76. The van der Waals surface area contributed by atoms with Crippen LogP contribution in [-0.4, -0.2) is 128 Å². The Kier molecular flexibility index (Phi) is 14.8. The van der Waals surface area contributed by atoms with Gasteiger partial charge >= 0.3 is 29.8 Å². The molecular weight excluding hydrogens is 945 g/mol. The number of nitrogens with one attached hydrogen (secondary N) is 2. The Bertz CT molecular complexity index is 2630. The van der Waals surface area contributed by atoms with Crippen molar-refractivity contribution in [3.8, 4) is 0 Å². The number of carbonyl (C=O) groups excluding carboxylic acids is 7. The summed E-state index contributed by atoms with van der Waals surface area (Å²) in [6, 6.07) is 14.1. The Morgan fingerprint density at radius 1 is 0.887 bits per heavy atom. The van der Waals surface area contributed by atoms with Crippen LogP contribution in [0.1, 0.15) is 104 Å². The van der Waals surface area contributed by atoms with Crippen LogP contribution in [0.3, 0.4) is 0 Å². The van der Waals surface area contributed by atoms with Crippen molar-refractivity contribution >= 4 is 58.8 Å². The summed E-state index contributed by atoms with van der Waals surface area (Å²) in [4.78, 5) is 110. The molecule has 2 saturated carbocycles. The smallest absolute Gasteiger partial charge is 0.338 e. The second-order valence-electron chi connectivity index (χ2n) is 19.4. The number of amides is 2. The van der Waals surface area contributed by atoms with Gasteiger partial charge in [-0.1, -0.05) is 62.4 Å². The van der Waals surface area contributed by atoms with E-state index >= 15 is 4.79 Å². The number of aliphatic hydroxyl groups excluding tert-OH is 2. The van der Waals surface area contributed by atoms with Crippen LogP contribution < -0.4 is 10.6 Å². The number of hydrogen-bond acceptors (Lipinski definition) is 17. The molecule has 7 rings (SSSR count). The van der Waals surface area contributed by atoms with E-state index in [-0.39, 0.29) is 46.6 Å². The van der Waals surface area contributed by atoms with Crippen molar-refractivity contribution in [2.24, 2.45) is 16.7 Å². The summed E-state index contributed by atoms with van der Waals surface area (Å²) in [5.41, 5.74) is -7.36. The van der Waals surface area contributed by atoms with Crippen molar-refractivity contribution in [3.05, 3.63) is 105 Å². The number of ether oxygens (including phenoxy) is 5. The van der Waals surface area contributed by atoms with Crippen molar-refractivity contribution in [2.75, 3.05) is 6.61 Å². The maximum Gasteiger partial charge on any atom is 0.338 e. The number of esters is 4. The summed E-state index contributed by atoms with van der Waals surface area (Å²) < 4.78 is 30.3. The molecule has 2 heterocycles. The van der Waals surface area contributed by atoms with Gasteiger partial charge in [-0.05, 0) is 73.0 Å². The van der Waals surface area contributed by atoms with Crippen LogP contribution in [0.15, 0.2) is 83.3 Å². The standard InChI is InChI=1S/C51H58N2O17S/c1-25-20-21-71-40(25)45(62)52-31(18-19-35(57)58)44(61)53-37(29-14-10-8-11-15-29)38(59)47(64)68-32-23-51(65)43(69-46(63)30-16-12-9-13-17-30)41-49(7,33(56)22-34-50(41,24-66-34)70-28(4)55)42(60)39(67-27(3)54)36(26(32)2)48(51,5)6/h8-17,20-21,31-34,37-39,41,43,56,59,65H,18-19,22-24H2,1-7H3,(H,52,62)(H,53,61)(H,57,58)/t31-,32+,33+,34-,37+,38-,39-,41+,43+,49-,50+,51-/m1/s1. The second-order valence-corrected chi connectivity index (χ2v) is 20.3. The number of thiophene rings is 1. The zero-order valence-electron chi connectivity index (χ0n) is 40.2. The molecule has 71 heavy (non-hydrogen) atoms. The van der Waals surface area contributed by atoms with Crippen molar-refractivity contribution < 1.29 is 82.5 Å². The lowest BCUT2D eigenvalue weighted by molar-refractivity contribution is -0.346. The largest absolute Gasteiger partial charge is 0.481 e. The van der Waals surface area contributed by atoms with E-state index in [4.69, 9.17) is 23.7 Å². The zero-order valence-corrected chi connectivity index (χ0v) is 41.0. The topological polar surface area (TPSA) is 288 Å². The van der Waals surface area contributed by atoms with Crippen LogP contribution >= 0.6 is 11.3 Å². The lowest BCUT2D eigenvalue weighted by Crippen LogP contribution is -2.82. The van der Waals surface area contributed by atoms with Gasteiger partial charge in [-0.3, -0.25) is 28.8 Å². The third-order valence-electron chi connectivity index (χ3n) is 14.8. The van der Waals surface area contributed by atoms with E-state index in [0.29, 0.717) is 5.56 Å². The summed E-state index contributed by atoms with van der Waals surface area (Å²) in [5, 5.41) is 54.3. The van der Waals surface area contributed by atoms with Gasteiger partial charge in [-0.25, -0.2) is 9.59 Å². The summed E-state index contributed by atoms with van der Waals surface area (Å²) in [6.45, 7) is 9.36. The molecular formula is C51H58N2O17S. The first kappa shape index (κ1) is 52.5. The fraction of sp³-hybridized carbons (Fsp3) is 0.490. The van der Waals surface area contributed by atoms with E-state index in [1.807, 2.05) is 0 Å². The van der Waals surface area contributed by atoms with Crippen molar-refractivity contribution in [2.45, 2.75) is 134 Å². The maximum atomic E-state index is 15.6. The molecule has 6 N–H and O–H groups in total. The highest BCUT2D eigenvalue weighted by Crippen LogP contribution is 2.64. The van der Waals surface area contributed by atoms with E-state index in [2.05, 4.69) is 10.6 Å². The molecule has 2 aromatic carbocycles. The van der Waals surface area contributed by atoms with Crippen LogP contribution in [0.2, 0.25) is 0 Å². The molecule has 1 aliphatic heterocycles. The quantitative estimate of drug-likeness (QED) is 0.0722. The molecule has 1 aromatic heterocycles. The molecule has 12 atom stereocenters.